The van der Waals surface area contributed by atoms with Crippen molar-refractivity contribution in [2.75, 3.05) is 0 Å². The Morgan fingerprint density at radius 2 is 1.20 bits per heavy atom. The van der Waals surface area contributed by atoms with E-state index in [1.165, 1.54) is 6.42 Å². The van der Waals surface area contributed by atoms with Crippen LogP contribution in [0.2, 0.25) is 0 Å². The van der Waals surface area contributed by atoms with E-state index in [4.69, 9.17) is 4.74 Å². The quantitative estimate of drug-likeness (QED) is 0.0777. The molecule has 1 unspecified atom stereocenters. The minimum absolute atomic E-state index is 0.114. The summed E-state index contributed by atoms with van der Waals surface area (Å²) >= 11 is 0. The number of esters is 1. The van der Waals surface area contributed by atoms with Crippen LogP contribution < -0.4 is 0 Å². The van der Waals surface area contributed by atoms with Crippen molar-refractivity contribution in [3.63, 3.8) is 0 Å². The maximum absolute atomic E-state index is 13.2. The van der Waals surface area contributed by atoms with E-state index >= 15 is 0 Å². The first kappa shape index (κ1) is 34.8. The molecule has 3 aromatic carbocycles. The Balaban J connectivity index is 1.47. The molecule has 0 saturated carbocycles. The molecule has 44 heavy (non-hydrogen) atoms. The summed E-state index contributed by atoms with van der Waals surface area (Å²) in [6.07, 6.45) is 21.5. The molecule has 0 aliphatic carbocycles. The monoisotopic (exact) mass is 594 g/mol. The lowest BCUT2D eigenvalue weighted by molar-refractivity contribution is -0.165. The van der Waals surface area contributed by atoms with Crippen molar-refractivity contribution in [1.82, 2.24) is 0 Å². The molecule has 4 heteroatoms. The van der Waals surface area contributed by atoms with Gasteiger partial charge in [-0.1, -0.05) is 160 Å². The molecule has 0 aromatic heterocycles. The fraction of sp³-hybridized carbons (Fsp3) is 0.375. The number of carbonyl (C=O) groups is 1. The predicted octanol–water partition coefficient (Wildman–Crippen LogP) is 9.55. The number of aliphatic hydroxyl groups is 2. The first-order chi connectivity index (χ1) is 21.6. The lowest BCUT2D eigenvalue weighted by atomic mass is 9.79. The van der Waals surface area contributed by atoms with Gasteiger partial charge in [-0.15, -0.1) is 0 Å². The Hall–Kier alpha value is -3.73. The van der Waals surface area contributed by atoms with Crippen LogP contribution in [0.1, 0.15) is 100 Å². The summed E-state index contributed by atoms with van der Waals surface area (Å²) in [6.45, 7) is 2.15. The topological polar surface area (TPSA) is 66.8 Å². The Kier molecular flexibility index (Phi) is 16.0. The van der Waals surface area contributed by atoms with Crippen LogP contribution in [0.25, 0.3) is 0 Å². The van der Waals surface area contributed by atoms with E-state index in [2.05, 4.69) is 43.4 Å². The van der Waals surface area contributed by atoms with E-state index < -0.39 is 23.8 Å². The average Bonchev–Trinajstić information content (AvgIpc) is 3.06. The second-order valence-corrected chi connectivity index (χ2v) is 11.3. The first-order valence-electron chi connectivity index (χ1n) is 16.3. The van der Waals surface area contributed by atoms with Gasteiger partial charge in [0.1, 0.15) is 0 Å². The molecule has 0 fully saturated rings. The van der Waals surface area contributed by atoms with Gasteiger partial charge >= 0.3 is 5.97 Å². The molecule has 0 amide bonds. The molecule has 3 aromatic rings. The van der Waals surface area contributed by atoms with Crippen LogP contribution in [-0.4, -0.2) is 22.3 Å². The van der Waals surface area contributed by atoms with Crippen LogP contribution >= 0.6 is 0 Å². The third kappa shape index (κ3) is 11.7. The smallest absolute Gasteiger partial charge is 0.309 e. The third-order valence-electron chi connectivity index (χ3n) is 7.75. The van der Waals surface area contributed by atoms with Crippen molar-refractivity contribution in [1.29, 1.82) is 0 Å². The number of carbonyl (C=O) groups excluding carboxylic acids is 1. The summed E-state index contributed by atoms with van der Waals surface area (Å²) in [4.78, 5) is 13.2. The lowest BCUT2D eigenvalue weighted by Crippen LogP contribution is -2.38. The van der Waals surface area contributed by atoms with Crippen molar-refractivity contribution < 1.29 is 19.7 Å². The number of hydrogen-bond donors (Lipinski definition) is 2. The van der Waals surface area contributed by atoms with Crippen molar-refractivity contribution in [2.24, 2.45) is 0 Å². The fourth-order valence-corrected chi connectivity index (χ4v) is 5.35. The minimum atomic E-state index is -1.62. The van der Waals surface area contributed by atoms with Crippen LogP contribution in [0.5, 0.6) is 0 Å². The van der Waals surface area contributed by atoms with Crippen LogP contribution in [0, 0.1) is 0 Å². The summed E-state index contributed by atoms with van der Waals surface area (Å²) in [7, 11) is 0. The van der Waals surface area contributed by atoms with Crippen LogP contribution in [-0.2, 0) is 15.1 Å². The first-order valence-corrected chi connectivity index (χ1v) is 16.3. The van der Waals surface area contributed by atoms with Crippen LogP contribution in [0.15, 0.2) is 127 Å². The highest BCUT2D eigenvalue weighted by atomic mass is 16.6. The largest absolute Gasteiger partial charge is 0.454 e. The van der Waals surface area contributed by atoms with E-state index in [1.54, 1.807) is 0 Å². The molecule has 0 heterocycles. The molecule has 0 aliphatic heterocycles. The number of allylic oxidation sites excluding steroid dienone is 6. The van der Waals surface area contributed by atoms with E-state index in [0.29, 0.717) is 23.1 Å². The van der Waals surface area contributed by atoms with Gasteiger partial charge in [-0.25, -0.2) is 0 Å². The van der Waals surface area contributed by atoms with Crippen molar-refractivity contribution in [3.8, 4) is 0 Å². The van der Waals surface area contributed by atoms with Gasteiger partial charge in [-0.3, -0.25) is 4.79 Å². The van der Waals surface area contributed by atoms with Gasteiger partial charge < -0.3 is 14.9 Å². The summed E-state index contributed by atoms with van der Waals surface area (Å²) in [5.74, 6) is -0.532. The van der Waals surface area contributed by atoms with E-state index in [0.717, 1.165) is 51.4 Å². The Morgan fingerprint density at radius 3 is 1.80 bits per heavy atom. The van der Waals surface area contributed by atoms with Gasteiger partial charge in [0.05, 0.1) is 12.5 Å². The van der Waals surface area contributed by atoms with E-state index in [9.17, 15) is 15.0 Å². The highest BCUT2D eigenvalue weighted by molar-refractivity contribution is 5.70. The van der Waals surface area contributed by atoms with Gasteiger partial charge in [0.25, 0.3) is 0 Å². The number of hydrogen-bond acceptors (Lipinski definition) is 4. The lowest BCUT2D eigenvalue weighted by Gasteiger charge is -2.37. The number of rotatable bonds is 20. The van der Waals surface area contributed by atoms with Crippen molar-refractivity contribution in [2.45, 2.75) is 95.4 Å². The highest BCUT2D eigenvalue weighted by Gasteiger charge is 2.44. The molecule has 2 N–H and O–H groups in total. The molecule has 0 spiro atoms. The molecule has 3 rings (SSSR count). The third-order valence-corrected chi connectivity index (χ3v) is 7.75. The Morgan fingerprint density at radius 1 is 0.705 bits per heavy atom. The Labute approximate surface area is 264 Å². The summed E-state index contributed by atoms with van der Waals surface area (Å²) in [6, 6.07) is 27.9. The highest BCUT2D eigenvalue weighted by Crippen LogP contribution is 2.43. The summed E-state index contributed by atoms with van der Waals surface area (Å²) in [5.41, 5.74) is 0.298. The maximum atomic E-state index is 13.2. The number of benzene rings is 3. The average molecular weight is 595 g/mol. The standard InChI is InChI=1S/C40H50O4/c1-2-3-4-5-6-7-8-9-10-11-12-13-14-15-25-32-37(41)33-38(42)44-39(34-26-19-16-20-27-34)40(43,35-28-21-17-22-29-35)36-30-23-18-24-31-36/h3-4,6-7,9-10,16-24,26-31,37,39,41,43H,2,5,8,11-15,25,32-33H2,1H3/b4-3-,7-6-,10-9-/t37-,39?/m1/s1. The molecule has 0 radical (unpaired) electrons. The molecule has 0 saturated heterocycles. The molecule has 234 valence electrons. The van der Waals surface area contributed by atoms with Gasteiger partial charge in [0, 0.05) is 0 Å². The maximum Gasteiger partial charge on any atom is 0.309 e. The number of ether oxygens (including phenoxy) is 1. The van der Waals surface area contributed by atoms with Crippen LogP contribution in [0.3, 0.4) is 0 Å². The SMILES string of the molecule is CC/C=C\C/C=C\C/C=C\CCCCCCC[C@@H](O)CC(=O)OC(c1ccccc1)C(O)(c1ccccc1)c1ccccc1. The second kappa shape index (κ2) is 20.3. The molecule has 0 bridgehead atoms. The van der Waals surface area contributed by atoms with Crippen molar-refractivity contribution >= 4 is 5.97 Å². The molecular formula is C40H50O4. The van der Waals surface area contributed by atoms with Crippen molar-refractivity contribution in [3.05, 3.63) is 144 Å². The molecular weight excluding hydrogens is 544 g/mol. The van der Waals surface area contributed by atoms with Gasteiger partial charge in [0.15, 0.2) is 11.7 Å². The minimum Gasteiger partial charge on any atom is -0.454 e. The number of unbranched alkanes of at least 4 members (excludes halogenated alkanes) is 5. The zero-order valence-electron chi connectivity index (χ0n) is 26.3. The second-order valence-electron chi connectivity index (χ2n) is 11.3. The molecule has 0 aliphatic rings. The molecule has 2 atom stereocenters. The number of aliphatic hydroxyl groups excluding tert-OH is 1. The summed E-state index contributed by atoms with van der Waals surface area (Å²) < 4.78 is 6.05. The zero-order chi connectivity index (χ0) is 31.3. The van der Waals surface area contributed by atoms with E-state index in [-0.39, 0.29) is 6.42 Å². The fourth-order valence-electron chi connectivity index (χ4n) is 5.35. The predicted molar refractivity (Wildman–Crippen MR) is 181 cm³/mol. The van der Waals surface area contributed by atoms with E-state index in [1.807, 2.05) is 91.0 Å². The molecule has 4 nitrogen and oxygen atoms in total. The summed E-state index contributed by atoms with van der Waals surface area (Å²) in [5, 5.41) is 23.0. The van der Waals surface area contributed by atoms with Gasteiger partial charge in [-0.05, 0) is 55.2 Å². The normalized spacial score (nSPS) is 13.5. The van der Waals surface area contributed by atoms with Gasteiger partial charge in [0.2, 0.25) is 0 Å². The van der Waals surface area contributed by atoms with Gasteiger partial charge in [-0.2, -0.15) is 0 Å². The van der Waals surface area contributed by atoms with Crippen LogP contribution in [0.4, 0.5) is 0 Å². The zero-order valence-corrected chi connectivity index (χ0v) is 26.3. The Bertz CT molecular complexity index is 1230.